The fourth-order valence-corrected chi connectivity index (χ4v) is 0.748. The van der Waals surface area contributed by atoms with Gasteiger partial charge in [0.05, 0.1) is 11.6 Å². The van der Waals surface area contributed by atoms with Crippen LogP contribution in [0.2, 0.25) is 0 Å². The van der Waals surface area contributed by atoms with Gasteiger partial charge in [-0.05, 0) is 20.8 Å². The monoisotopic (exact) mass is 182 g/mol. The molecule has 1 unspecified atom stereocenters. The lowest BCUT2D eigenvalue weighted by atomic mass is 9.97. The zero-order valence-corrected chi connectivity index (χ0v) is 8.37. The fraction of sp³-hybridized carbons (Fsp3) is 0.667. The average molecular weight is 182 g/mol. The van der Waals surface area contributed by atoms with Crippen LogP contribution in [0.5, 0.6) is 0 Å². The Morgan fingerprint density at radius 2 is 2.08 bits per heavy atom. The summed E-state index contributed by atoms with van der Waals surface area (Å²) in [6.07, 6.45) is 3.17. The number of nitrogens with zero attached hydrogens (tertiary/aromatic N) is 2. The van der Waals surface area contributed by atoms with Crippen molar-refractivity contribution < 1.29 is 9.53 Å². The second-order valence-electron chi connectivity index (χ2n) is 4.23. The molecular formula is C9H14N2O2. The first-order chi connectivity index (χ1) is 5.83. The van der Waals surface area contributed by atoms with Gasteiger partial charge in [0.25, 0.3) is 0 Å². The molecule has 1 heterocycles. The maximum absolute atomic E-state index is 11.5. The zero-order chi connectivity index (χ0) is 10.1. The van der Waals surface area contributed by atoms with Crippen LogP contribution < -0.4 is 0 Å². The standard InChI is InChI=1S/C9H14N2O2/c1-8(2,3)7(12)13-9(4)5-6-10-11-9/h5-6H,1-4H3. The van der Waals surface area contributed by atoms with Crippen molar-refractivity contribution >= 4 is 5.97 Å². The Morgan fingerprint density at radius 1 is 1.46 bits per heavy atom. The third-order valence-corrected chi connectivity index (χ3v) is 1.62. The Hall–Kier alpha value is -1.19. The molecule has 0 aromatic heterocycles. The van der Waals surface area contributed by atoms with Crippen molar-refractivity contribution in [1.82, 2.24) is 0 Å². The summed E-state index contributed by atoms with van der Waals surface area (Å²) in [6, 6.07) is 0. The molecule has 0 N–H and O–H groups in total. The summed E-state index contributed by atoms with van der Waals surface area (Å²) >= 11 is 0. The van der Waals surface area contributed by atoms with Crippen LogP contribution in [0.1, 0.15) is 27.7 Å². The van der Waals surface area contributed by atoms with Gasteiger partial charge in [-0.1, -0.05) is 0 Å². The van der Waals surface area contributed by atoms with Gasteiger partial charge in [-0.15, -0.1) is 5.11 Å². The van der Waals surface area contributed by atoms with Gasteiger partial charge in [0, 0.05) is 13.0 Å². The molecule has 0 bridgehead atoms. The van der Waals surface area contributed by atoms with Crippen LogP contribution in [-0.4, -0.2) is 11.7 Å². The van der Waals surface area contributed by atoms with E-state index in [1.54, 1.807) is 33.8 Å². The first kappa shape index (κ1) is 9.89. The first-order valence-corrected chi connectivity index (χ1v) is 4.17. The largest absolute Gasteiger partial charge is 0.431 e. The van der Waals surface area contributed by atoms with Gasteiger partial charge < -0.3 is 4.74 Å². The second kappa shape index (κ2) is 2.94. The summed E-state index contributed by atoms with van der Waals surface area (Å²) < 4.78 is 5.18. The van der Waals surface area contributed by atoms with E-state index in [1.165, 1.54) is 6.20 Å². The molecule has 1 aliphatic heterocycles. The summed E-state index contributed by atoms with van der Waals surface area (Å²) in [5.41, 5.74) is -1.40. The van der Waals surface area contributed by atoms with Gasteiger partial charge in [0.1, 0.15) is 0 Å². The van der Waals surface area contributed by atoms with Crippen molar-refractivity contribution in [1.29, 1.82) is 0 Å². The Labute approximate surface area is 77.7 Å². The number of ether oxygens (including phenoxy) is 1. The lowest BCUT2D eigenvalue weighted by Crippen LogP contribution is -2.32. The van der Waals surface area contributed by atoms with Crippen LogP contribution in [0.25, 0.3) is 0 Å². The number of hydrogen-bond acceptors (Lipinski definition) is 4. The number of esters is 1. The van der Waals surface area contributed by atoms with Crippen LogP contribution in [0.4, 0.5) is 0 Å². The van der Waals surface area contributed by atoms with E-state index < -0.39 is 11.1 Å². The van der Waals surface area contributed by atoms with Crippen molar-refractivity contribution in [3.8, 4) is 0 Å². The minimum Gasteiger partial charge on any atom is -0.431 e. The smallest absolute Gasteiger partial charge is 0.313 e. The van der Waals surface area contributed by atoms with Crippen LogP contribution in [0.3, 0.4) is 0 Å². The molecule has 0 fully saturated rings. The van der Waals surface area contributed by atoms with Gasteiger partial charge in [0.2, 0.25) is 5.72 Å². The number of carbonyl (C=O) groups excluding carboxylic acids is 1. The molecule has 0 aromatic rings. The van der Waals surface area contributed by atoms with E-state index in [1.807, 2.05) is 0 Å². The molecule has 4 heteroatoms. The molecule has 1 rings (SSSR count). The highest BCUT2D eigenvalue weighted by atomic mass is 16.6. The molecule has 1 atom stereocenters. The number of hydrogen-bond donors (Lipinski definition) is 0. The number of carbonyl (C=O) groups is 1. The molecule has 72 valence electrons. The van der Waals surface area contributed by atoms with Gasteiger partial charge >= 0.3 is 5.97 Å². The quantitative estimate of drug-likeness (QED) is 0.584. The Kier molecular flexibility index (Phi) is 2.24. The Morgan fingerprint density at radius 3 is 2.46 bits per heavy atom. The predicted octanol–water partition coefficient (Wildman–Crippen LogP) is 2.27. The highest BCUT2D eigenvalue weighted by Crippen LogP contribution is 2.25. The summed E-state index contributed by atoms with van der Waals surface area (Å²) in [5.74, 6) is -0.277. The summed E-state index contributed by atoms with van der Waals surface area (Å²) in [4.78, 5) is 11.5. The highest BCUT2D eigenvalue weighted by molar-refractivity contribution is 5.76. The molecule has 0 amide bonds. The third kappa shape index (κ3) is 2.37. The summed E-state index contributed by atoms with van der Waals surface area (Å²) in [7, 11) is 0. The third-order valence-electron chi connectivity index (χ3n) is 1.62. The van der Waals surface area contributed by atoms with E-state index in [-0.39, 0.29) is 5.97 Å². The van der Waals surface area contributed by atoms with E-state index in [2.05, 4.69) is 10.2 Å². The summed E-state index contributed by atoms with van der Waals surface area (Å²) in [6.45, 7) is 7.10. The zero-order valence-electron chi connectivity index (χ0n) is 8.37. The number of azo groups is 1. The minimum atomic E-state index is -0.898. The second-order valence-corrected chi connectivity index (χ2v) is 4.23. The van der Waals surface area contributed by atoms with E-state index >= 15 is 0 Å². The van der Waals surface area contributed by atoms with Crippen molar-refractivity contribution in [2.24, 2.45) is 15.6 Å². The van der Waals surface area contributed by atoms with E-state index in [0.29, 0.717) is 0 Å². The molecule has 0 saturated carbocycles. The molecule has 0 spiro atoms. The highest BCUT2D eigenvalue weighted by Gasteiger charge is 2.33. The van der Waals surface area contributed by atoms with E-state index in [0.717, 1.165) is 0 Å². The fourth-order valence-electron chi connectivity index (χ4n) is 0.748. The van der Waals surface area contributed by atoms with E-state index in [9.17, 15) is 4.79 Å². The van der Waals surface area contributed by atoms with Crippen LogP contribution in [-0.2, 0) is 9.53 Å². The van der Waals surface area contributed by atoms with Crippen molar-refractivity contribution in [3.05, 3.63) is 12.3 Å². The topological polar surface area (TPSA) is 51.0 Å². The van der Waals surface area contributed by atoms with Gasteiger partial charge in [-0.25, -0.2) is 0 Å². The molecule has 0 radical (unpaired) electrons. The SMILES string of the molecule is CC1(OC(=O)C(C)(C)C)C=CN=N1. The van der Waals surface area contributed by atoms with Gasteiger partial charge in [0.15, 0.2) is 0 Å². The maximum Gasteiger partial charge on any atom is 0.313 e. The van der Waals surface area contributed by atoms with Crippen molar-refractivity contribution in [2.45, 2.75) is 33.4 Å². The maximum atomic E-state index is 11.5. The van der Waals surface area contributed by atoms with Crippen molar-refractivity contribution in [3.63, 3.8) is 0 Å². The summed E-state index contributed by atoms with van der Waals surface area (Å²) in [5, 5.41) is 7.43. The van der Waals surface area contributed by atoms with E-state index in [4.69, 9.17) is 4.74 Å². The first-order valence-electron chi connectivity index (χ1n) is 4.17. The lowest BCUT2D eigenvalue weighted by molar-refractivity contribution is -0.163. The lowest BCUT2D eigenvalue weighted by Gasteiger charge is -2.23. The van der Waals surface area contributed by atoms with Crippen molar-refractivity contribution in [2.75, 3.05) is 0 Å². The molecule has 1 aliphatic rings. The molecule has 13 heavy (non-hydrogen) atoms. The molecule has 0 saturated heterocycles. The van der Waals surface area contributed by atoms with Gasteiger partial charge in [-0.2, -0.15) is 5.11 Å². The molecule has 0 aliphatic carbocycles. The predicted molar refractivity (Wildman–Crippen MR) is 47.9 cm³/mol. The van der Waals surface area contributed by atoms with Crippen LogP contribution in [0.15, 0.2) is 22.5 Å². The number of rotatable bonds is 1. The Balaban J connectivity index is 2.65. The van der Waals surface area contributed by atoms with Crippen LogP contribution in [0, 0.1) is 5.41 Å². The average Bonchev–Trinajstić information content (AvgIpc) is 2.33. The Bertz CT molecular complexity index is 262. The van der Waals surface area contributed by atoms with Gasteiger partial charge in [-0.3, -0.25) is 4.79 Å². The van der Waals surface area contributed by atoms with Crippen LogP contribution >= 0.6 is 0 Å². The molecular weight excluding hydrogens is 168 g/mol. The molecule has 0 aromatic carbocycles. The normalized spacial score (nSPS) is 26.5. The minimum absolute atomic E-state index is 0.277. The molecule has 4 nitrogen and oxygen atoms in total.